The van der Waals surface area contributed by atoms with Crippen molar-refractivity contribution < 1.29 is 0 Å². The van der Waals surface area contributed by atoms with Crippen molar-refractivity contribution in [3.63, 3.8) is 0 Å². The Kier molecular flexibility index (Phi) is 5.54. The van der Waals surface area contributed by atoms with Gasteiger partial charge in [0.2, 0.25) is 0 Å². The Labute approximate surface area is 133 Å². The molecular weight excluding hydrogens is 340 g/mol. The van der Waals surface area contributed by atoms with E-state index in [0.717, 1.165) is 21.0 Å². The van der Waals surface area contributed by atoms with Crippen molar-refractivity contribution in [3.8, 4) is 0 Å². The van der Waals surface area contributed by atoms with Gasteiger partial charge in [-0.1, -0.05) is 18.3 Å². The van der Waals surface area contributed by atoms with E-state index in [1.165, 1.54) is 25.7 Å². The van der Waals surface area contributed by atoms with Crippen LogP contribution in [0, 0.1) is 0 Å². The highest BCUT2D eigenvalue weighted by Crippen LogP contribution is 2.31. The second-order valence-electron chi connectivity index (χ2n) is 4.88. The van der Waals surface area contributed by atoms with Gasteiger partial charge in [0.1, 0.15) is 4.99 Å². The Hall–Kier alpha value is -0.260. The lowest BCUT2D eigenvalue weighted by molar-refractivity contribution is 0.473. The number of anilines is 1. The maximum Gasteiger partial charge on any atom is 0.107 e. The molecule has 1 aromatic rings. The molecule has 3 N–H and O–H groups in total. The summed E-state index contributed by atoms with van der Waals surface area (Å²) in [5.41, 5.74) is 7.79. The Morgan fingerprint density at radius 1 is 1.37 bits per heavy atom. The number of hydrogen-bond acceptors (Lipinski definition) is 3. The highest BCUT2D eigenvalue weighted by atomic mass is 79.9. The predicted molar refractivity (Wildman–Crippen MR) is 93.2 cm³/mol. The summed E-state index contributed by atoms with van der Waals surface area (Å²) in [4.78, 5) is 0.438. The molecule has 1 saturated carbocycles. The first-order chi connectivity index (χ1) is 9.11. The highest BCUT2D eigenvalue weighted by molar-refractivity contribution is 9.10. The van der Waals surface area contributed by atoms with Gasteiger partial charge < -0.3 is 11.1 Å². The van der Waals surface area contributed by atoms with Gasteiger partial charge >= 0.3 is 0 Å². The van der Waals surface area contributed by atoms with Gasteiger partial charge in [-0.05, 0) is 60.0 Å². The van der Waals surface area contributed by atoms with Crippen molar-refractivity contribution in [1.82, 2.24) is 0 Å². The molecule has 19 heavy (non-hydrogen) atoms. The van der Waals surface area contributed by atoms with Crippen molar-refractivity contribution in [1.29, 1.82) is 0 Å². The van der Waals surface area contributed by atoms with Crippen LogP contribution in [-0.4, -0.2) is 22.5 Å². The fourth-order valence-corrected chi connectivity index (χ4v) is 4.23. The van der Waals surface area contributed by atoms with Crippen molar-refractivity contribution in [2.45, 2.75) is 37.0 Å². The van der Waals surface area contributed by atoms with Gasteiger partial charge in [-0.15, -0.1) is 0 Å². The number of benzene rings is 1. The number of nitrogens with one attached hydrogen (secondary N) is 1. The van der Waals surface area contributed by atoms with Gasteiger partial charge in [0.05, 0.1) is 0 Å². The molecule has 2 rings (SSSR count). The van der Waals surface area contributed by atoms with E-state index in [0.29, 0.717) is 11.0 Å². The summed E-state index contributed by atoms with van der Waals surface area (Å²) in [6.07, 6.45) is 7.21. The predicted octanol–water partition coefficient (Wildman–Crippen LogP) is 4.17. The number of halogens is 1. The molecule has 0 atom stereocenters. The van der Waals surface area contributed by atoms with Crippen LogP contribution in [-0.2, 0) is 0 Å². The molecular formula is C14H19BrN2S2. The largest absolute Gasteiger partial charge is 0.389 e. The van der Waals surface area contributed by atoms with Crippen molar-refractivity contribution in [3.05, 3.63) is 28.2 Å². The summed E-state index contributed by atoms with van der Waals surface area (Å²) in [6, 6.07) is 6.58. The number of rotatable bonds is 4. The zero-order valence-corrected chi connectivity index (χ0v) is 14.2. The molecule has 0 bridgehead atoms. The minimum Gasteiger partial charge on any atom is -0.389 e. The van der Waals surface area contributed by atoms with Crippen molar-refractivity contribution >= 4 is 50.6 Å². The van der Waals surface area contributed by atoms with E-state index in [4.69, 9.17) is 18.0 Å². The van der Waals surface area contributed by atoms with Crippen LogP contribution in [0.5, 0.6) is 0 Å². The van der Waals surface area contributed by atoms with Crippen molar-refractivity contribution in [2.24, 2.45) is 5.73 Å². The molecule has 1 aromatic carbocycles. The first-order valence-corrected chi connectivity index (χ1v) is 8.98. The summed E-state index contributed by atoms with van der Waals surface area (Å²) in [7, 11) is 0. The highest BCUT2D eigenvalue weighted by Gasteiger charge is 2.21. The quantitative estimate of drug-likeness (QED) is 0.792. The normalized spacial score (nSPS) is 23.1. The third-order valence-corrected chi connectivity index (χ3v) is 5.63. The summed E-state index contributed by atoms with van der Waals surface area (Å²) in [6.45, 7) is 0. The second kappa shape index (κ2) is 6.95. The monoisotopic (exact) mass is 358 g/mol. The second-order valence-corrected chi connectivity index (χ2v) is 7.31. The minimum atomic E-state index is 0.438. The van der Waals surface area contributed by atoms with Crippen LogP contribution >= 0.6 is 39.9 Å². The summed E-state index contributed by atoms with van der Waals surface area (Å²) in [5.74, 6) is 0. The zero-order chi connectivity index (χ0) is 13.8. The molecule has 1 aliphatic carbocycles. The van der Waals surface area contributed by atoms with Crippen LogP contribution in [0.2, 0.25) is 0 Å². The first kappa shape index (κ1) is 15.1. The van der Waals surface area contributed by atoms with Crippen molar-refractivity contribution in [2.75, 3.05) is 11.6 Å². The van der Waals surface area contributed by atoms with E-state index < -0.39 is 0 Å². The third kappa shape index (κ3) is 3.86. The molecule has 1 aliphatic rings. The molecule has 2 nitrogen and oxygen atoms in total. The number of nitrogens with two attached hydrogens (primary N) is 1. The molecule has 0 amide bonds. The molecule has 0 aliphatic heterocycles. The third-order valence-electron chi connectivity index (χ3n) is 3.63. The molecule has 104 valence electrons. The van der Waals surface area contributed by atoms with E-state index in [2.05, 4.69) is 33.6 Å². The molecule has 5 heteroatoms. The lowest BCUT2D eigenvalue weighted by atomic mass is 9.94. The van der Waals surface area contributed by atoms with Gasteiger partial charge in [0.25, 0.3) is 0 Å². The fourth-order valence-electron chi connectivity index (χ4n) is 2.56. The molecule has 1 fully saturated rings. The smallest absolute Gasteiger partial charge is 0.107 e. The van der Waals surface area contributed by atoms with Gasteiger partial charge in [0.15, 0.2) is 0 Å². The van der Waals surface area contributed by atoms with Gasteiger partial charge in [-0.2, -0.15) is 11.8 Å². The van der Waals surface area contributed by atoms with Gasteiger partial charge in [0, 0.05) is 27.0 Å². The number of thioether (sulfide) groups is 1. The topological polar surface area (TPSA) is 38.0 Å². The molecule has 0 heterocycles. The standard InChI is InChI=1S/C14H19BrN2S2/c1-19-10-7-5-9(6-8-10)17-12-4-2-3-11(15)13(12)14(16)18/h2-4,9-10,17H,5-8H2,1H3,(H2,16,18). The SMILES string of the molecule is CSC1CCC(Nc2cccc(Br)c2C(N)=S)CC1. The molecule has 0 aromatic heterocycles. The van der Waals surface area contributed by atoms with E-state index in [1.807, 2.05) is 23.9 Å². The maximum absolute atomic E-state index is 5.82. The van der Waals surface area contributed by atoms with Gasteiger partial charge in [-0.3, -0.25) is 0 Å². The Morgan fingerprint density at radius 2 is 2.05 bits per heavy atom. The Balaban J connectivity index is 2.08. The van der Waals surface area contributed by atoms with Crippen LogP contribution < -0.4 is 11.1 Å². The average molecular weight is 359 g/mol. The van der Waals surface area contributed by atoms with E-state index >= 15 is 0 Å². The molecule has 0 unspecified atom stereocenters. The summed E-state index contributed by atoms with van der Waals surface area (Å²) in [5, 5.41) is 4.44. The maximum atomic E-state index is 5.82. The first-order valence-electron chi connectivity index (χ1n) is 6.49. The number of hydrogen-bond donors (Lipinski definition) is 2. The average Bonchev–Trinajstić information content (AvgIpc) is 2.39. The Morgan fingerprint density at radius 3 is 2.63 bits per heavy atom. The summed E-state index contributed by atoms with van der Waals surface area (Å²) < 4.78 is 0.961. The lowest BCUT2D eigenvalue weighted by Crippen LogP contribution is -2.28. The molecule has 0 saturated heterocycles. The zero-order valence-electron chi connectivity index (χ0n) is 11.0. The van der Waals surface area contributed by atoms with Gasteiger partial charge in [-0.25, -0.2) is 0 Å². The van der Waals surface area contributed by atoms with E-state index in [1.54, 1.807) is 0 Å². The molecule has 0 radical (unpaired) electrons. The lowest BCUT2D eigenvalue weighted by Gasteiger charge is -2.29. The van der Waals surface area contributed by atoms with Crippen LogP contribution in [0.1, 0.15) is 31.2 Å². The van der Waals surface area contributed by atoms with E-state index in [-0.39, 0.29) is 0 Å². The minimum absolute atomic E-state index is 0.438. The molecule has 0 spiro atoms. The fraction of sp³-hybridized carbons (Fsp3) is 0.500. The van der Waals surface area contributed by atoms with Crippen LogP contribution in [0.3, 0.4) is 0 Å². The Bertz CT molecular complexity index is 457. The van der Waals surface area contributed by atoms with E-state index in [9.17, 15) is 0 Å². The van der Waals surface area contributed by atoms with Crippen LogP contribution in [0.4, 0.5) is 5.69 Å². The van der Waals surface area contributed by atoms with Crippen LogP contribution in [0.15, 0.2) is 22.7 Å². The van der Waals surface area contributed by atoms with Crippen LogP contribution in [0.25, 0.3) is 0 Å². The summed E-state index contributed by atoms with van der Waals surface area (Å²) >= 11 is 10.7. The number of thiocarbonyl (C=S) groups is 1.